The Hall–Kier alpha value is -0.970. The number of aliphatic hydroxyl groups excluding tert-OH is 1. The number of halogens is 1. The lowest BCUT2D eigenvalue weighted by Crippen LogP contribution is -2.33. The number of hydrogen-bond donors (Lipinski definition) is 1. The Morgan fingerprint density at radius 1 is 1.44 bits per heavy atom. The standard InChI is InChI=1S/C14H21FN2O/c1-16(2)11-7-8-17(9-11)10-14(18)12-5-3-4-6-13(12)15/h3-6,11,14,18H,7-10H2,1-2H3. The molecule has 100 valence electrons. The Kier molecular flexibility index (Phi) is 4.32. The molecule has 3 nitrogen and oxygen atoms in total. The van der Waals surface area contributed by atoms with Crippen LogP contribution in [0.3, 0.4) is 0 Å². The molecular formula is C14H21FN2O. The Bertz CT molecular complexity index is 397. The van der Waals surface area contributed by atoms with E-state index in [1.165, 1.54) is 6.07 Å². The minimum atomic E-state index is -0.743. The second-order valence-electron chi connectivity index (χ2n) is 5.20. The molecule has 1 aromatic rings. The number of likely N-dealkylation sites (N-methyl/N-ethyl adjacent to an activating group) is 1. The SMILES string of the molecule is CN(C)C1CCN(CC(O)c2ccccc2F)C1. The lowest BCUT2D eigenvalue weighted by molar-refractivity contribution is 0.119. The zero-order valence-electron chi connectivity index (χ0n) is 11.0. The number of aliphatic hydroxyl groups is 1. The van der Waals surface area contributed by atoms with E-state index >= 15 is 0 Å². The number of likely N-dealkylation sites (tertiary alicyclic amines) is 1. The number of rotatable bonds is 4. The first kappa shape index (κ1) is 13.5. The van der Waals surface area contributed by atoms with Gasteiger partial charge in [-0.2, -0.15) is 0 Å². The topological polar surface area (TPSA) is 26.7 Å². The monoisotopic (exact) mass is 252 g/mol. The highest BCUT2D eigenvalue weighted by atomic mass is 19.1. The maximum atomic E-state index is 13.5. The Labute approximate surface area is 108 Å². The molecule has 1 saturated heterocycles. The van der Waals surface area contributed by atoms with Gasteiger partial charge in [0.15, 0.2) is 0 Å². The molecule has 0 saturated carbocycles. The van der Waals surface area contributed by atoms with Crippen molar-refractivity contribution in [3.63, 3.8) is 0 Å². The van der Waals surface area contributed by atoms with Crippen LogP contribution in [-0.2, 0) is 0 Å². The molecule has 0 spiro atoms. The molecule has 1 aromatic carbocycles. The third kappa shape index (κ3) is 3.07. The van der Waals surface area contributed by atoms with Gasteiger partial charge in [-0.05, 0) is 33.1 Å². The lowest BCUT2D eigenvalue weighted by Gasteiger charge is -2.22. The van der Waals surface area contributed by atoms with Gasteiger partial charge in [0.2, 0.25) is 0 Å². The molecule has 0 radical (unpaired) electrons. The first-order chi connectivity index (χ1) is 8.58. The van der Waals surface area contributed by atoms with Crippen LogP contribution in [0.15, 0.2) is 24.3 Å². The van der Waals surface area contributed by atoms with Crippen LogP contribution < -0.4 is 0 Å². The van der Waals surface area contributed by atoms with E-state index in [1.807, 2.05) is 0 Å². The molecular weight excluding hydrogens is 231 g/mol. The molecule has 0 amide bonds. The van der Waals surface area contributed by atoms with Crippen molar-refractivity contribution in [1.82, 2.24) is 9.80 Å². The van der Waals surface area contributed by atoms with Crippen molar-refractivity contribution in [1.29, 1.82) is 0 Å². The fourth-order valence-corrected chi connectivity index (χ4v) is 2.49. The van der Waals surface area contributed by atoms with E-state index < -0.39 is 6.10 Å². The van der Waals surface area contributed by atoms with Gasteiger partial charge in [0.1, 0.15) is 5.82 Å². The Morgan fingerprint density at radius 2 is 2.17 bits per heavy atom. The summed E-state index contributed by atoms with van der Waals surface area (Å²) in [6, 6.07) is 6.99. The molecule has 0 aliphatic carbocycles. The lowest BCUT2D eigenvalue weighted by atomic mass is 10.1. The minimum absolute atomic E-state index is 0.326. The van der Waals surface area contributed by atoms with E-state index in [4.69, 9.17) is 0 Å². The molecule has 1 fully saturated rings. The smallest absolute Gasteiger partial charge is 0.129 e. The maximum Gasteiger partial charge on any atom is 0.129 e. The van der Waals surface area contributed by atoms with E-state index in [1.54, 1.807) is 18.2 Å². The van der Waals surface area contributed by atoms with Gasteiger partial charge < -0.3 is 10.0 Å². The summed E-state index contributed by atoms with van der Waals surface area (Å²) in [7, 11) is 4.14. The van der Waals surface area contributed by atoms with Crippen molar-refractivity contribution < 1.29 is 9.50 Å². The van der Waals surface area contributed by atoms with Crippen molar-refractivity contribution in [3.8, 4) is 0 Å². The van der Waals surface area contributed by atoms with Crippen molar-refractivity contribution in [2.75, 3.05) is 33.7 Å². The second kappa shape index (κ2) is 5.78. The number of nitrogens with zero attached hydrogens (tertiary/aromatic N) is 2. The minimum Gasteiger partial charge on any atom is -0.387 e. The van der Waals surface area contributed by atoms with E-state index in [-0.39, 0.29) is 5.82 Å². The predicted octanol–water partition coefficient (Wildman–Crippen LogP) is 1.49. The summed E-state index contributed by atoms with van der Waals surface area (Å²) < 4.78 is 13.5. The molecule has 2 unspecified atom stereocenters. The molecule has 1 heterocycles. The fourth-order valence-electron chi connectivity index (χ4n) is 2.49. The van der Waals surface area contributed by atoms with Crippen LogP contribution in [0.25, 0.3) is 0 Å². The molecule has 1 N–H and O–H groups in total. The highest BCUT2D eigenvalue weighted by Gasteiger charge is 2.26. The van der Waals surface area contributed by atoms with Gasteiger partial charge in [0.25, 0.3) is 0 Å². The molecule has 0 bridgehead atoms. The first-order valence-electron chi connectivity index (χ1n) is 6.39. The van der Waals surface area contributed by atoms with Gasteiger partial charge in [0.05, 0.1) is 6.10 Å². The van der Waals surface area contributed by atoms with Crippen LogP contribution in [0.2, 0.25) is 0 Å². The average molecular weight is 252 g/mol. The quantitative estimate of drug-likeness (QED) is 0.879. The van der Waals surface area contributed by atoms with Crippen LogP contribution >= 0.6 is 0 Å². The highest BCUT2D eigenvalue weighted by Crippen LogP contribution is 2.21. The third-order valence-corrected chi connectivity index (χ3v) is 3.67. The maximum absolute atomic E-state index is 13.5. The van der Waals surface area contributed by atoms with Crippen LogP contribution in [0.1, 0.15) is 18.1 Å². The molecule has 18 heavy (non-hydrogen) atoms. The van der Waals surface area contributed by atoms with Gasteiger partial charge >= 0.3 is 0 Å². The number of benzene rings is 1. The van der Waals surface area contributed by atoms with E-state index in [0.29, 0.717) is 18.2 Å². The van der Waals surface area contributed by atoms with Crippen LogP contribution in [-0.4, -0.2) is 54.7 Å². The molecule has 4 heteroatoms. The summed E-state index contributed by atoms with van der Waals surface area (Å²) in [5.74, 6) is -0.326. The largest absolute Gasteiger partial charge is 0.387 e. The van der Waals surface area contributed by atoms with Crippen LogP contribution in [0.4, 0.5) is 4.39 Å². The summed E-state index contributed by atoms with van der Waals surface area (Å²) in [6.45, 7) is 2.41. The molecule has 2 atom stereocenters. The van der Waals surface area contributed by atoms with E-state index in [0.717, 1.165) is 19.5 Å². The average Bonchev–Trinajstić information content (AvgIpc) is 2.78. The van der Waals surface area contributed by atoms with Crippen molar-refractivity contribution in [2.45, 2.75) is 18.6 Å². The molecule has 2 rings (SSSR count). The predicted molar refractivity (Wildman–Crippen MR) is 69.9 cm³/mol. The zero-order chi connectivity index (χ0) is 13.1. The summed E-state index contributed by atoms with van der Waals surface area (Å²) >= 11 is 0. The van der Waals surface area contributed by atoms with Gasteiger partial charge in [-0.1, -0.05) is 18.2 Å². The number of hydrogen-bond acceptors (Lipinski definition) is 3. The molecule has 1 aliphatic rings. The Morgan fingerprint density at radius 3 is 2.78 bits per heavy atom. The van der Waals surface area contributed by atoms with Gasteiger partial charge in [-0.3, -0.25) is 4.90 Å². The van der Waals surface area contributed by atoms with Crippen molar-refractivity contribution in [3.05, 3.63) is 35.6 Å². The van der Waals surface area contributed by atoms with E-state index in [2.05, 4.69) is 23.9 Å². The molecule has 0 aromatic heterocycles. The van der Waals surface area contributed by atoms with E-state index in [9.17, 15) is 9.50 Å². The van der Waals surface area contributed by atoms with Gasteiger partial charge in [0, 0.05) is 24.7 Å². The second-order valence-corrected chi connectivity index (χ2v) is 5.20. The zero-order valence-corrected chi connectivity index (χ0v) is 11.0. The summed E-state index contributed by atoms with van der Waals surface area (Å²) in [4.78, 5) is 4.40. The molecule has 1 aliphatic heterocycles. The first-order valence-corrected chi connectivity index (χ1v) is 6.39. The van der Waals surface area contributed by atoms with Crippen LogP contribution in [0.5, 0.6) is 0 Å². The normalized spacial score (nSPS) is 22.6. The summed E-state index contributed by atoms with van der Waals surface area (Å²) in [5.41, 5.74) is 0.394. The van der Waals surface area contributed by atoms with Gasteiger partial charge in [-0.25, -0.2) is 4.39 Å². The third-order valence-electron chi connectivity index (χ3n) is 3.67. The van der Waals surface area contributed by atoms with Gasteiger partial charge in [-0.15, -0.1) is 0 Å². The van der Waals surface area contributed by atoms with Crippen LogP contribution in [0, 0.1) is 5.82 Å². The summed E-state index contributed by atoms with van der Waals surface area (Å²) in [5, 5.41) is 10.1. The highest BCUT2D eigenvalue weighted by molar-refractivity contribution is 5.20. The van der Waals surface area contributed by atoms with Crippen molar-refractivity contribution in [2.24, 2.45) is 0 Å². The van der Waals surface area contributed by atoms with Crippen molar-refractivity contribution >= 4 is 0 Å². The summed E-state index contributed by atoms with van der Waals surface area (Å²) in [6.07, 6.45) is 0.365. The number of β-amino-alcohol motifs (C(OH)–C–C–N with tert-alkyl or cyclic N) is 1. The Balaban J connectivity index is 1.93. The fraction of sp³-hybridized carbons (Fsp3) is 0.571.